The third kappa shape index (κ3) is 4.58. The summed E-state index contributed by atoms with van der Waals surface area (Å²) in [6.07, 6.45) is 2.29. The van der Waals surface area contributed by atoms with Crippen LogP contribution in [-0.2, 0) is 9.53 Å². The average molecular weight is 200 g/mol. The van der Waals surface area contributed by atoms with Gasteiger partial charge in [0.1, 0.15) is 6.04 Å². The molecule has 0 radical (unpaired) electrons. The number of hydrogen-bond donors (Lipinski definition) is 2. The summed E-state index contributed by atoms with van der Waals surface area (Å²) < 4.78 is 5.38. The van der Waals surface area contributed by atoms with Gasteiger partial charge in [-0.3, -0.25) is 4.79 Å². The number of hydrogen-bond acceptors (Lipinski definition) is 3. The Bertz CT molecular complexity index is 191. The molecule has 0 bridgehead atoms. The van der Waals surface area contributed by atoms with Crippen molar-refractivity contribution in [3.8, 4) is 0 Å². The number of amides is 1. The SMILES string of the molecule is CC(C)COCC(NC1CC1)C(N)=O. The molecule has 1 rings (SSSR count). The lowest BCUT2D eigenvalue weighted by molar-refractivity contribution is -0.121. The van der Waals surface area contributed by atoms with E-state index in [0.29, 0.717) is 25.2 Å². The average Bonchev–Trinajstić information content (AvgIpc) is 2.85. The summed E-state index contributed by atoms with van der Waals surface area (Å²) >= 11 is 0. The molecule has 0 aliphatic heterocycles. The van der Waals surface area contributed by atoms with E-state index in [4.69, 9.17) is 10.5 Å². The highest BCUT2D eigenvalue weighted by molar-refractivity contribution is 5.80. The molecule has 1 aliphatic rings. The van der Waals surface area contributed by atoms with Crippen LogP contribution in [-0.4, -0.2) is 31.2 Å². The molecule has 3 N–H and O–H groups in total. The number of carbonyl (C=O) groups is 1. The van der Waals surface area contributed by atoms with Crippen molar-refractivity contribution in [1.82, 2.24) is 5.32 Å². The zero-order chi connectivity index (χ0) is 10.6. The summed E-state index contributed by atoms with van der Waals surface area (Å²) in [6, 6.07) is 0.163. The second-order valence-corrected chi connectivity index (χ2v) is 4.33. The molecule has 82 valence electrons. The largest absolute Gasteiger partial charge is 0.379 e. The summed E-state index contributed by atoms with van der Waals surface area (Å²) in [5.74, 6) is 0.171. The van der Waals surface area contributed by atoms with Gasteiger partial charge in [0.25, 0.3) is 0 Å². The zero-order valence-corrected chi connectivity index (χ0v) is 8.95. The fourth-order valence-electron chi connectivity index (χ4n) is 1.17. The van der Waals surface area contributed by atoms with Gasteiger partial charge < -0.3 is 15.8 Å². The predicted octanol–water partition coefficient (Wildman–Crippen LogP) is 0.265. The van der Waals surface area contributed by atoms with E-state index in [2.05, 4.69) is 19.2 Å². The molecule has 0 spiro atoms. The Hall–Kier alpha value is -0.610. The van der Waals surface area contributed by atoms with Crippen molar-refractivity contribution in [2.45, 2.75) is 38.8 Å². The second-order valence-electron chi connectivity index (χ2n) is 4.33. The Morgan fingerprint density at radius 3 is 2.57 bits per heavy atom. The Morgan fingerprint density at radius 2 is 2.14 bits per heavy atom. The first-order valence-electron chi connectivity index (χ1n) is 5.22. The van der Waals surface area contributed by atoms with Crippen LogP contribution in [0.2, 0.25) is 0 Å². The fraction of sp³-hybridized carbons (Fsp3) is 0.900. The van der Waals surface area contributed by atoms with Gasteiger partial charge in [-0.15, -0.1) is 0 Å². The van der Waals surface area contributed by atoms with Crippen LogP contribution in [0.1, 0.15) is 26.7 Å². The van der Waals surface area contributed by atoms with E-state index in [1.54, 1.807) is 0 Å². The molecule has 1 aliphatic carbocycles. The number of primary amides is 1. The summed E-state index contributed by atoms with van der Waals surface area (Å²) in [4.78, 5) is 11.0. The van der Waals surface area contributed by atoms with E-state index in [-0.39, 0.29) is 11.9 Å². The van der Waals surface area contributed by atoms with E-state index >= 15 is 0 Å². The quantitative estimate of drug-likeness (QED) is 0.620. The van der Waals surface area contributed by atoms with Gasteiger partial charge in [-0.25, -0.2) is 0 Å². The lowest BCUT2D eigenvalue weighted by Gasteiger charge is -2.15. The third-order valence-corrected chi connectivity index (χ3v) is 2.09. The first-order valence-corrected chi connectivity index (χ1v) is 5.22. The molecule has 1 amide bonds. The minimum Gasteiger partial charge on any atom is -0.379 e. The van der Waals surface area contributed by atoms with Crippen molar-refractivity contribution in [3.05, 3.63) is 0 Å². The topological polar surface area (TPSA) is 64.3 Å². The van der Waals surface area contributed by atoms with Crippen molar-refractivity contribution in [1.29, 1.82) is 0 Å². The van der Waals surface area contributed by atoms with Gasteiger partial charge in [0.15, 0.2) is 0 Å². The zero-order valence-electron chi connectivity index (χ0n) is 8.95. The molecule has 14 heavy (non-hydrogen) atoms. The highest BCUT2D eigenvalue weighted by atomic mass is 16.5. The molecule has 1 unspecified atom stereocenters. The van der Waals surface area contributed by atoms with E-state index in [1.807, 2.05) is 0 Å². The summed E-state index contributed by atoms with van der Waals surface area (Å²) in [6.45, 7) is 5.22. The van der Waals surface area contributed by atoms with Gasteiger partial charge in [0.2, 0.25) is 5.91 Å². The van der Waals surface area contributed by atoms with Crippen molar-refractivity contribution < 1.29 is 9.53 Å². The van der Waals surface area contributed by atoms with Crippen LogP contribution in [0.5, 0.6) is 0 Å². The Balaban J connectivity index is 2.17. The number of nitrogens with two attached hydrogens (primary N) is 1. The molecule has 4 heteroatoms. The van der Waals surface area contributed by atoms with E-state index in [1.165, 1.54) is 0 Å². The molecule has 1 atom stereocenters. The van der Waals surface area contributed by atoms with Gasteiger partial charge in [-0.1, -0.05) is 13.8 Å². The minimum atomic E-state index is -0.319. The first kappa shape index (κ1) is 11.5. The Kier molecular flexibility index (Phi) is 4.35. The van der Waals surface area contributed by atoms with Crippen LogP contribution in [0.15, 0.2) is 0 Å². The second kappa shape index (κ2) is 5.32. The lowest BCUT2D eigenvalue weighted by atomic mass is 10.2. The number of nitrogens with one attached hydrogen (secondary N) is 1. The van der Waals surface area contributed by atoms with Crippen LogP contribution in [0.25, 0.3) is 0 Å². The Labute approximate surface area is 85.2 Å². The van der Waals surface area contributed by atoms with Crippen LogP contribution in [0.3, 0.4) is 0 Å². The Morgan fingerprint density at radius 1 is 1.50 bits per heavy atom. The summed E-state index contributed by atoms with van der Waals surface area (Å²) in [5, 5.41) is 3.16. The maximum atomic E-state index is 11.0. The van der Waals surface area contributed by atoms with Gasteiger partial charge in [-0.05, 0) is 18.8 Å². The molecule has 0 aromatic rings. The van der Waals surface area contributed by atoms with Gasteiger partial charge in [0, 0.05) is 12.6 Å². The van der Waals surface area contributed by atoms with Crippen molar-refractivity contribution >= 4 is 5.91 Å². The molecule has 1 saturated carbocycles. The molecule has 0 aromatic carbocycles. The van der Waals surface area contributed by atoms with Gasteiger partial charge >= 0.3 is 0 Å². The third-order valence-electron chi connectivity index (χ3n) is 2.09. The fourth-order valence-corrected chi connectivity index (χ4v) is 1.17. The van der Waals surface area contributed by atoms with Crippen molar-refractivity contribution in [2.75, 3.05) is 13.2 Å². The maximum absolute atomic E-state index is 11.0. The van der Waals surface area contributed by atoms with Crippen LogP contribution >= 0.6 is 0 Å². The van der Waals surface area contributed by atoms with Gasteiger partial charge in [0.05, 0.1) is 6.61 Å². The minimum absolute atomic E-state index is 0.318. The normalized spacial score (nSPS) is 18.5. The number of ether oxygens (including phenoxy) is 1. The van der Waals surface area contributed by atoms with Crippen LogP contribution in [0, 0.1) is 5.92 Å². The summed E-state index contributed by atoms with van der Waals surface area (Å²) in [5.41, 5.74) is 5.25. The molecule has 1 fully saturated rings. The number of rotatable bonds is 7. The van der Waals surface area contributed by atoms with Crippen molar-refractivity contribution in [2.24, 2.45) is 11.7 Å². The van der Waals surface area contributed by atoms with E-state index in [9.17, 15) is 4.79 Å². The van der Waals surface area contributed by atoms with Gasteiger partial charge in [-0.2, -0.15) is 0 Å². The standard InChI is InChI=1S/C10H20N2O2/c1-7(2)5-14-6-9(10(11)13)12-8-3-4-8/h7-9,12H,3-6H2,1-2H3,(H2,11,13). The van der Waals surface area contributed by atoms with Crippen LogP contribution in [0.4, 0.5) is 0 Å². The highest BCUT2D eigenvalue weighted by Crippen LogP contribution is 2.19. The van der Waals surface area contributed by atoms with E-state index in [0.717, 1.165) is 12.8 Å². The molecule has 4 nitrogen and oxygen atoms in total. The molecular weight excluding hydrogens is 180 g/mol. The number of carbonyl (C=O) groups excluding carboxylic acids is 1. The lowest BCUT2D eigenvalue weighted by Crippen LogP contribution is -2.45. The van der Waals surface area contributed by atoms with Crippen LogP contribution < -0.4 is 11.1 Å². The summed E-state index contributed by atoms with van der Waals surface area (Å²) in [7, 11) is 0. The molecule has 0 aromatic heterocycles. The molecular formula is C10H20N2O2. The van der Waals surface area contributed by atoms with E-state index < -0.39 is 0 Å². The monoisotopic (exact) mass is 200 g/mol. The van der Waals surface area contributed by atoms with Crippen molar-refractivity contribution in [3.63, 3.8) is 0 Å². The first-order chi connectivity index (χ1) is 6.59. The molecule has 0 heterocycles. The predicted molar refractivity (Wildman–Crippen MR) is 54.8 cm³/mol. The highest BCUT2D eigenvalue weighted by Gasteiger charge is 2.27. The smallest absolute Gasteiger partial charge is 0.236 e. The molecule has 0 saturated heterocycles. The maximum Gasteiger partial charge on any atom is 0.236 e.